The maximum Gasteiger partial charge on any atom is 0.387 e. The average Bonchev–Trinajstić information content (AvgIpc) is 2.59. The SMILES string of the molecule is CNC(=O)c1cc([N+](=O)[O-])ccc1NCc1ccc(OC(F)F)cn1. The normalized spacial score (nSPS) is 10.4. The van der Waals surface area contributed by atoms with Crippen LogP contribution in [0.5, 0.6) is 5.75 Å². The number of carbonyl (C=O) groups is 1. The number of benzene rings is 1. The molecule has 1 aromatic carbocycles. The van der Waals surface area contributed by atoms with Gasteiger partial charge in [-0.25, -0.2) is 0 Å². The number of nitrogens with zero attached hydrogens (tertiary/aromatic N) is 2. The number of halogens is 2. The average molecular weight is 352 g/mol. The number of pyridine rings is 1. The minimum absolute atomic E-state index is 0.0693. The number of rotatable bonds is 7. The van der Waals surface area contributed by atoms with Crippen molar-refractivity contribution in [3.8, 4) is 5.75 Å². The van der Waals surface area contributed by atoms with Crippen molar-refractivity contribution in [3.05, 3.63) is 57.9 Å². The van der Waals surface area contributed by atoms with Crippen molar-refractivity contribution in [2.75, 3.05) is 12.4 Å². The molecule has 25 heavy (non-hydrogen) atoms. The largest absolute Gasteiger partial charge is 0.433 e. The van der Waals surface area contributed by atoms with Gasteiger partial charge in [0.05, 0.1) is 28.9 Å². The first kappa shape index (κ1) is 18.0. The highest BCUT2D eigenvalue weighted by Crippen LogP contribution is 2.23. The Morgan fingerprint density at radius 1 is 1.36 bits per heavy atom. The van der Waals surface area contributed by atoms with Gasteiger partial charge in [-0.1, -0.05) is 0 Å². The third-order valence-corrected chi connectivity index (χ3v) is 3.17. The molecule has 1 aromatic heterocycles. The highest BCUT2D eigenvalue weighted by atomic mass is 19.3. The first-order chi connectivity index (χ1) is 11.9. The first-order valence-corrected chi connectivity index (χ1v) is 7.05. The Bertz CT molecular complexity index is 769. The maximum atomic E-state index is 12.1. The van der Waals surface area contributed by atoms with Crippen LogP contribution in [-0.2, 0) is 6.54 Å². The summed E-state index contributed by atoms with van der Waals surface area (Å²) in [5, 5.41) is 16.2. The van der Waals surface area contributed by atoms with Crippen LogP contribution in [-0.4, -0.2) is 29.5 Å². The number of hydrogen-bond donors (Lipinski definition) is 2. The molecule has 0 aliphatic carbocycles. The molecular formula is C15H14F2N4O4. The fourth-order valence-electron chi connectivity index (χ4n) is 2.00. The van der Waals surface area contributed by atoms with Crippen molar-refractivity contribution in [3.63, 3.8) is 0 Å². The van der Waals surface area contributed by atoms with E-state index < -0.39 is 17.4 Å². The van der Waals surface area contributed by atoms with E-state index in [4.69, 9.17) is 0 Å². The molecule has 0 saturated heterocycles. The summed E-state index contributed by atoms with van der Waals surface area (Å²) in [7, 11) is 1.41. The van der Waals surface area contributed by atoms with Crippen LogP contribution in [0.25, 0.3) is 0 Å². The highest BCUT2D eigenvalue weighted by molar-refractivity contribution is 6.00. The summed E-state index contributed by atoms with van der Waals surface area (Å²) < 4.78 is 28.4. The van der Waals surface area contributed by atoms with Gasteiger partial charge >= 0.3 is 6.61 Å². The monoisotopic (exact) mass is 352 g/mol. The number of anilines is 1. The third-order valence-electron chi connectivity index (χ3n) is 3.17. The quantitative estimate of drug-likeness (QED) is 0.586. The van der Waals surface area contributed by atoms with E-state index in [1.54, 1.807) is 0 Å². The number of amides is 1. The number of alkyl halides is 2. The van der Waals surface area contributed by atoms with Crippen LogP contribution in [0.3, 0.4) is 0 Å². The van der Waals surface area contributed by atoms with E-state index in [-0.39, 0.29) is 23.5 Å². The van der Waals surface area contributed by atoms with Crippen LogP contribution in [0, 0.1) is 10.1 Å². The van der Waals surface area contributed by atoms with Gasteiger partial charge in [-0.05, 0) is 18.2 Å². The number of carbonyl (C=O) groups excluding carboxylic acids is 1. The predicted molar refractivity (Wildman–Crippen MR) is 84.7 cm³/mol. The molecule has 0 radical (unpaired) electrons. The lowest BCUT2D eigenvalue weighted by molar-refractivity contribution is -0.384. The summed E-state index contributed by atoms with van der Waals surface area (Å²) in [4.78, 5) is 26.1. The van der Waals surface area contributed by atoms with Gasteiger partial charge in [0.25, 0.3) is 11.6 Å². The van der Waals surface area contributed by atoms with Crippen molar-refractivity contribution in [1.82, 2.24) is 10.3 Å². The molecule has 0 spiro atoms. The lowest BCUT2D eigenvalue weighted by Crippen LogP contribution is -2.20. The van der Waals surface area contributed by atoms with E-state index in [0.29, 0.717) is 11.4 Å². The molecule has 0 unspecified atom stereocenters. The molecular weight excluding hydrogens is 338 g/mol. The fourth-order valence-corrected chi connectivity index (χ4v) is 2.00. The molecule has 2 aromatic rings. The van der Waals surface area contributed by atoms with Gasteiger partial charge in [0.15, 0.2) is 0 Å². The van der Waals surface area contributed by atoms with Gasteiger partial charge in [-0.3, -0.25) is 19.9 Å². The summed E-state index contributed by atoms with van der Waals surface area (Å²) in [5.41, 5.74) is 0.771. The molecule has 0 aliphatic heterocycles. The van der Waals surface area contributed by atoms with Crippen LogP contribution in [0.2, 0.25) is 0 Å². The molecule has 2 rings (SSSR count). The summed E-state index contributed by atoms with van der Waals surface area (Å²) >= 11 is 0. The molecule has 1 amide bonds. The van der Waals surface area contributed by atoms with Gasteiger partial charge in [-0.2, -0.15) is 8.78 Å². The molecule has 8 nitrogen and oxygen atoms in total. The van der Waals surface area contributed by atoms with Crippen molar-refractivity contribution in [1.29, 1.82) is 0 Å². The zero-order valence-electron chi connectivity index (χ0n) is 13.0. The number of nitro groups is 1. The number of aromatic nitrogens is 1. The maximum absolute atomic E-state index is 12.1. The Labute approximate surface area is 141 Å². The van der Waals surface area contributed by atoms with E-state index >= 15 is 0 Å². The number of non-ortho nitro benzene ring substituents is 1. The van der Waals surface area contributed by atoms with Gasteiger partial charge in [0, 0.05) is 24.9 Å². The Hall–Kier alpha value is -3.30. The van der Waals surface area contributed by atoms with Crippen molar-refractivity contribution in [2.45, 2.75) is 13.2 Å². The second kappa shape index (κ2) is 7.99. The van der Waals surface area contributed by atoms with Crippen LogP contribution in [0.15, 0.2) is 36.5 Å². The van der Waals surface area contributed by atoms with E-state index in [1.807, 2.05) is 0 Å². The van der Waals surface area contributed by atoms with Gasteiger partial charge < -0.3 is 15.4 Å². The molecule has 1 heterocycles. The Morgan fingerprint density at radius 2 is 2.12 bits per heavy atom. The first-order valence-electron chi connectivity index (χ1n) is 7.05. The minimum Gasteiger partial charge on any atom is -0.433 e. The van der Waals surface area contributed by atoms with E-state index in [2.05, 4.69) is 20.4 Å². The second-order valence-electron chi connectivity index (χ2n) is 4.78. The summed E-state index contributed by atoms with van der Waals surface area (Å²) in [6.07, 6.45) is 1.15. The smallest absolute Gasteiger partial charge is 0.387 e. The van der Waals surface area contributed by atoms with Crippen molar-refractivity contribution >= 4 is 17.3 Å². The number of hydrogen-bond acceptors (Lipinski definition) is 6. The van der Waals surface area contributed by atoms with Gasteiger partial charge in [0.1, 0.15) is 5.75 Å². The molecule has 0 aliphatic rings. The molecule has 2 N–H and O–H groups in total. The molecule has 0 fully saturated rings. The number of nitro benzene ring substituents is 1. The molecule has 0 saturated carbocycles. The number of ether oxygens (including phenoxy) is 1. The summed E-state index contributed by atoms with van der Waals surface area (Å²) in [6.45, 7) is -2.75. The summed E-state index contributed by atoms with van der Waals surface area (Å²) in [6, 6.07) is 6.66. The molecule has 0 bridgehead atoms. The Balaban J connectivity index is 2.14. The zero-order chi connectivity index (χ0) is 18.4. The Morgan fingerprint density at radius 3 is 2.68 bits per heavy atom. The van der Waals surface area contributed by atoms with Crippen molar-refractivity contribution < 1.29 is 23.2 Å². The predicted octanol–water partition coefficient (Wildman–Crippen LogP) is 2.56. The summed E-state index contributed by atoms with van der Waals surface area (Å²) in [5.74, 6) is -0.556. The van der Waals surface area contributed by atoms with E-state index in [9.17, 15) is 23.7 Å². The van der Waals surface area contributed by atoms with Crippen LogP contribution in [0.1, 0.15) is 16.1 Å². The van der Waals surface area contributed by atoms with Crippen LogP contribution < -0.4 is 15.4 Å². The van der Waals surface area contributed by atoms with Gasteiger partial charge in [0.2, 0.25) is 0 Å². The lowest BCUT2D eigenvalue weighted by atomic mass is 10.1. The van der Waals surface area contributed by atoms with E-state index in [1.165, 1.54) is 31.3 Å². The zero-order valence-corrected chi connectivity index (χ0v) is 13.0. The molecule has 0 atom stereocenters. The lowest BCUT2D eigenvalue weighted by Gasteiger charge is -2.11. The Kier molecular flexibility index (Phi) is 5.77. The van der Waals surface area contributed by atoms with Crippen LogP contribution >= 0.6 is 0 Å². The van der Waals surface area contributed by atoms with E-state index in [0.717, 1.165) is 12.3 Å². The standard InChI is InChI=1S/C15H14F2N4O4/c1-18-14(22)12-6-10(21(23)24)3-5-13(12)20-7-9-2-4-11(8-19-9)25-15(16)17/h2-6,8,15,20H,7H2,1H3,(H,18,22). The topological polar surface area (TPSA) is 106 Å². The van der Waals surface area contributed by atoms with Gasteiger partial charge in [-0.15, -0.1) is 0 Å². The number of nitrogens with one attached hydrogen (secondary N) is 2. The molecule has 10 heteroatoms. The minimum atomic E-state index is -2.93. The van der Waals surface area contributed by atoms with Crippen molar-refractivity contribution in [2.24, 2.45) is 0 Å². The second-order valence-corrected chi connectivity index (χ2v) is 4.78. The third kappa shape index (κ3) is 4.83. The molecule has 132 valence electrons. The fraction of sp³-hybridized carbons (Fsp3) is 0.200. The highest BCUT2D eigenvalue weighted by Gasteiger charge is 2.16. The van der Waals surface area contributed by atoms with Crippen LogP contribution in [0.4, 0.5) is 20.2 Å².